The first kappa shape index (κ1) is 17.6. The van der Waals surface area contributed by atoms with E-state index in [2.05, 4.69) is 24.7 Å². The fraction of sp³-hybridized carbons (Fsp3) is 0.571. The first-order valence-corrected chi connectivity index (χ1v) is 7.85. The van der Waals surface area contributed by atoms with Crippen LogP contribution in [-0.2, 0) is 4.79 Å². The molecule has 0 aromatic carbocycles. The van der Waals surface area contributed by atoms with Crippen molar-refractivity contribution in [2.75, 3.05) is 20.1 Å². The molecule has 1 unspecified atom stereocenters. The van der Waals surface area contributed by atoms with E-state index in [0.29, 0.717) is 10.8 Å². The van der Waals surface area contributed by atoms with E-state index in [1.54, 1.807) is 12.1 Å². The summed E-state index contributed by atoms with van der Waals surface area (Å²) in [5, 5.41) is 1.81. The Kier molecular flexibility index (Phi) is 7.35. The Balaban J connectivity index is 2.22. The number of likely N-dealkylation sites (N-methyl/N-ethyl adjacent to an activating group) is 1. The molecule has 0 saturated heterocycles. The van der Waals surface area contributed by atoms with Crippen LogP contribution in [0.4, 0.5) is 0 Å². The summed E-state index contributed by atoms with van der Waals surface area (Å²) < 4.78 is 0. The summed E-state index contributed by atoms with van der Waals surface area (Å²) in [4.78, 5) is 25.8. The highest BCUT2D eigenvalue weighted by molar-refractivity contribution is 7.12. The molecular weight excluding hydrogens is 288 g/mol. The van der Waals surface area contributed by atoms with Crippen molar-refractivity contribution in [1.82, 2.24) is 15.8 Å². The molecule has 6 nitrogen and oxygen atoms in total. The summed E-state index contributed by atoms with van der Waals surface area (Å²) in [6, 6.07) is 3.62. The van der Waals surface area contributed by atoms with Crippen molar-refractivity contribution < 1.29 is 9.59 Å². The second-order valence-electron chi connectivity index (χ2n) is 5.41. The SMILES string of the molecule is CC(C)C(N)CCN(C)CC(=O)NNC(=O)c1cccs1. The molecule has 0 fully saturated rings. The van der Waals surface area contributed by atoms with Gasteiger partial charge in [0, 0.05) is 6.04 Å². The van der Waals surface area contributed by atoms with Crippen molar-refractivity contribution in [3.63, 3.8) is 0 Å². The van der Waals surface area contributed by atoms with Gasteiger partial charge in [-0.2, -0.15) is 0 Å². The minimum Gasteiger partial charge on any atom is -0.327 e. The fourth-order valence-electron chi connectivity index (χ4n) is 1.66. The van der Waals surface area contributed by atoms with Crippen molar-refractivity contribution in [1.29, 1.82) is 0 Å². The quantitative estimate of drug-likeness (QED) is 0.650. The number of nitrogens with one attached hydrogen (secondary N) is 2. The summed E-state index contributed by atoms with van der Waals surface area (Å²) in [6.45, 7) is 5.12. The summed E-state index contributed by atoms with van der Waals surface area (Å²) in [6.07, 6.45) is 0.836. The third-order valence-electron chi connectivity index (χ3n) is 3.17. The molecule has 1 aromatic heterocycles. The van der Waals surface area contributed by atoms with Gasteiger partial charge in [0.2, 0.25) is 0 Å². The van der Waals surface area contributed by atoms with E-state index in [1.807, 2.05) is 17.3 Å². The summed E-state index contributed by atoms with van der Waals surface area (Å²) >= 11 is 1.32. The number of carbonyl (C=O) groups excluding carboxylic acids is 2. The van der Waals surface area contributed by atoms with E-state index in [1.165, 1.54) is 11.3 Å². The number of rotatable bonds is 7. The molecule has 0 aliphatic carbocycles. The third-order valence-corrected chi connectivity index (χ3v) is 4.04. The summed E-state index contributed by atoms with van der Waals surface area (Å²) in [5.41, 5.74) is 10.8. The van der Waals surface area contributed by atoms with Gasteiger partial charge in [-0.05, 0) is 37.4 Å². The molecule has 21 heavy (non-hydrogen) atoms. The molecule has 118 valence electrons. The van der Waals surface area contributed by atoms with Gasteiger partial charge in [0.25, 0.3) is 11.8 Å². The lowest BCUT2D eigenvalue weighted by Gasteiger charge is -2.20. The number of nitrogens with zero attached hydrogens (tertiary/aromatic N) is 1. The maximum Gasteiger partial charge on any atom is 0.279 e. The Morgan fingerprint density at radius 2 is 2.10 bits per heavy atom. The molecular formula is C14H24N4O2S. The van der Waals surface area contributed by atoms with E-state index >= 15 is 0 Å². The van der Waals surface area contributed by atoms with Crippen LogP contribution in [0.5, 0.6) is 0 Å². The second kappa shape index (κ2) is 8.76. The average Bonchev–Trinajstić information content (AvgIpc) is 2.96. The van der Waals surface area contributed by atoms with Crippen molar-refractivity contribution in [2.24, 2.45) is 11.7 Å². The lowest BCUT2D eigenvalue weighted by atomic mass is 10.0. The number of nitrogens with two attached hydrogens (primary N) is 1. The number of amides is 2. The Morgan fingerprint density at radius 1 is 1.38 bits per heavy atom. The van der Waals surface area contributed by atoms with Crippen LogP contribution in [0.2, 0.25) is 0 Å². The van der Waals surface area contributed by atoms with E-state index in [-0.39, 0.29) is 24.4 Å². The average molecular weight is 312 g/mol. The number of carbonyl (C=O) groups is 2. The van der Waals surface area contributed by atoms with Crippen LogP contribution in [0.1, 0.15) is 29.9 Å². The highest BCUT2D eigenvalue weighted by atomic mass is 32.1. The molecule has 7 heteroatoms. The van der Waals surface area contributed by atoms with E-state index in [0.717, 1.165) is 13.0 Å². The molecule has 0 saturated carbocycles. The Hall–Kier alpha value is -1.44. The Bertz CT molecular complexity index is 448. The number of thiophene rings is 1. The van der Waals surface area contributed by atoms with Crippen molar-refractivity contribution in [2.45, 2.75) is 26.3 Å². The van der Waals surface area contributed by atoms with Gasteiger partial charge in [0.05, 0.1) is 11.4 Å². The van der Waals surface area contributed by atoms with Gasteiger partial charge in [-0.15, -0.1) is 11.3 Å². The molecule has 4 N–H and O–H groups in total. The highest BCUT2D eigenvalue weighted by Gasteiger charge is 2.12. The monoisotopic (exact) mass is 312 g/mol. The maximum atomic E-state index is 11.7. The number of hydrogen-bond acceptors (Lipinski definition) is 5. The molecule has 1 aromatic rings. The van der Waals surface area contributed by atoms with E-state index < -0.39 is 0 Å². The topological polar surface area (TPSA) is 87.5 Å². The van der Waals surface area contributed by atoms with E-state index in [4.69, 9.17) is 5.73 Å². The summed E-state index contributed by atoms with van der Waals surface area (Å²) in [7, 11) is 1.85. The first-order chi connectivity index (χ1) is 9.90. The van der Waals surface area contributed by atoms with Crippen LogP contribution >= 0.6 is 11.3 Å². The van der Waals surface area contributed by atoms with Gasteiger partial charge in [0.15, 0.2) is 0 Å². The van der Waals surface area contributed by atoms with Crippen molar-refractivity contribution in [3.8, 4) is 0 Å². The van der Waals surface area contributed by atoms with Gasteiger partial charge < -0.3 is 5.73 Å². The predicted octanol–water partition coefficient (Wildman–Crippen LogP) is 0.814. The van der Waals surface area contributed by atoms with Gasteiger partial charge in [0.1, 0.15) is 0 Å². The zero-order chi connectivity index (χ0) is 15.8. The highest BCUT2D eigenvalue weighted by Crippen LogP contribution is 2.07. The van der Waals surface area contributed by atoms with Gasteiger partial charge >= 0.3 is 0 Å². The normalized spacial score (nSPS) is 12.5. The van der Waals surface area contributed by atoms with Gasteiger partial charge in [-0.1, -0.05) is 19.9 Å². The number of hydrogen-bond donors (Lipinski definition) is 3. The lowest BCUT2D eigenvalue weighted by molar-refractivity contribution is -0.122. The largest absolute Gasteiger partial charge is 0.327 e. The number of hydrazine groups is 1. The van der Waals surface area contributed by atoms with Crippen LogP contribution in [0.15, 0.2) is 17.5 Å². The third kappa shape index (κ3) is 6.70. The van der Waals surface area contributed by atoms with Crippen molar-refractivity contribution in [3.05, 3.63) is 22.4 Å². The van der Waals surface area contributed by atoms with E-state index in [9.17, 15) is 9.59 Å². The first-order valence-electron chi connectivity index (χ1n) is 6.97. The second-order valence-corrected chi connectivity index (χ2v) is 6.36. The predicted molar refractivity (Wildman–Crippen MR) is 84.9 cm³/mol. The van der Waals surface area contributed by atoms with Gasteiger partial charge in [-0.3, -0.25) is 25.3 Å². The van der Waals surface area contributed by atoms with Crippen molar-refractivity contribution >= 4 is 23.2 Å². The van der Waals surface area contributed by atoms with Crippen LogP contribution < -0.4 is 16.6 Å². The molecule has 2 amide bonds. The van der Waals surface area contributed by atoms with Crippen LogP contribution in [0.25, 0.3) is 0 Å². The molecule has 1 heterocycles. The van der Waals surface area contributed by atoms with Crippen LogP contribution in [0, 0.1) is 5.92 Å². The minimum atomic E-state index is -0.303. The zero-order valence-electron chi connectivity index (χ0n) is 12.8. The molecule has 0 bridgehead atoms. The zero-order valence-corrected chi connectivity index (χ0v) is 13.6. The molecule has 1 atom stereocenters. The van der Waals surface area contributed by atoms with Gasteiger partial charge in [-0.25, -0.2) is 0 Å². The van der Waals surface area contributed by atoms with Crippen LogP contribution in [-0.4, -0.2) is 42.9 Å². The summed E-state index contributed by atoms with van der Waals surface area (Å²) in [5.74, 6) is -0.124. The molecule has 0 aliphatic rings. The maximum absolute atomic E-state index is 11.7. The Labute approximate surface area is 129 Å². The standard InChI is InChI=1S/C14H24N4O2S/c1-10(2)11(15)6-7-18(3)9-13(19)16-17-14(20)12-5-4-8-21-12/h4-5,8,10-11H,6-7,9,15H2,1-3H3,(H,16,19)(H,17,20). The molecule has 1 rings (SSSR count). The smallest absolute Gasteiger partial charge is 0.279 e. The molecule has 0 aliphatic heterocycles. The molecule has 0 radical (unpaired) electrons. The fourth-order valence-corrected chi connectivity index (χ4v) is 2.28. The minimum absolute atomic E-state index is 0.133. The Morgan fingerprint density at radius 3 is 2.67 bits per heavy atom. The lowest BCUT2D eigenvalue weighted by Crippen LogP contribution is -2.46. The molecule has 0 spiro atoms. The van der Waals surface area contributed by atoms with Crippen LogP contribution in [0.3, 0.4) is 0 Å².